The van der Waals surface area contributed by atoms with Gasteiger partial charge in [0.15, 0.2) is 0 Å². The minimum Gasteiger partial charge on any atom is -0.336 e. The van der Waals surface area contributed by atoms with Gasteiger partial charge in [-0.2, -0.15) is 0 Å². The van der Waals surface area contributed by atoms with Gasteiger partial charge in [-0.05, 0) is 12.5 Å². The predicted molar refractivity (Wildman–Crippen MR) is 60.4 cm³/mol. The minimum absolute atomic E-state index is 0.133. The second-order valence-corrected chi connectivity index (χ2v) is 3.91. The highest BCUT2D eigenvalue weighted by Gasteiger charge is 2.19. The summed E-state index contributed by atoms with van der Waals surface area (Å²) >= 11 is 0. The lowest BCUT2D eigenvalue weighted by molar-refractivity contribution is -0.127. The number of carbonyl (C=O) groups is 1. The van der Waals surface area contributed by atoms with E-state index in [2.05, 4.69) is 11.9 Å². The fraction of sp³-hybridized carbons (Fsp3) is 0.417. The Bertz CT molecular complexity index is 336. The van der Waals surface area contributed by atoms with Crippen LogP contribution in [0, 0.1) is 0 Å². The molecule has 1 amide bonds. The average molecular weight is 204 g/mol. The second-order valence-electron chi connectivity index (χ2n) is 3.91. The van der Waals surface area contributed by atoms with E-state index in [-0.39, 0.29) is 5.91 Å². The van der Waals surface area contributed by atoms with Crippen LogP contribution in [-0.2, 0) is 4.79 Å². The molecular formula is C12H16N2O. The maximum absolute atomic E-state index is 12.0. The maximum Gasteiger partial charge on any atom is 0.253 e. The minimum atomic E-state index is 0.133. The number of carbonyl (C=O) groups excluding carboxylic acids is 1. The van der Waals surface area contributed by atoms with Crippen LogP contribution < -0.4 is 5.32 Å². The largest absolute Gasteiger partial charge is 0.336 e. The van der Waals surface area contributed by atoms with Crippen LogP contribution in [0.3, 0.4) is 0 Å². The summed E-state index contributed by atoms with van der Waals surface area (Å²) in [6, 6.07) is 0. The van der Waals surface area contributed by atoms with Crippen LogP contribution in [0.15, 0.2) is 36.0 Å². The van der Waals surface area contributed by atoms with Crippen molar-refractivity contribution in [2.75, 3.05) is 26.2 Å². The van der Waals surface area contributed by atoms with E-state index in [0.717, 1.165) is 43.7 Å². The third-order valence-corrected chi connectivity index (χ3v) is 2.69. The third kappa shape index (κ3) is 2.36. The van der Waals surface area contributed by atoms with Crippen LogP contribution in [0.25, 0.3) is 0 Å². The van der Waals surface area contributed by atoms with Crippen molar-refractivity contribution in [3.05, 3.63) is 36.0 Å². The van der Waals surface area contributed by atoms with E-state index in [9.17, 15) is 4.79 Å². The average Bonchev–Trinajstić information content (AvgIpc) is 2.29. The summed E-state index contributed by atoms with van der Waals surface area (Å²) in [7, 11) is 0. The summed E-state index contributed by atoms with van der Waals surface area (Å²) in [5.41, 5.74) is 1.78. The number of rotatable bonds is 1. The van der Waals surface area contributed by atoms with Crippen LogP contribution in [0.1, 0.15) is 6.42 Å². The number of nitrogens with zero attached hydrogens (tertiary/aromatic N) is 1. The Hall–Kier alpha value is -1.35. The van der Waals surface area contributed by atoms with Crippen LogP contribution in [0.5, 0.6) is 0 Å². The number of amides is 1. The van der Waals surface area contributed by atoms with Gasteiger partial charge in [0.05, 0.1) is 0 Å². The number of piperazine rings is 1. The van der Waals surface area contributed by atoms with Gasteiger partial charge in [0.25, 0.3) is 5.91 Å². The zero-order valence-electron chi connectivity index (χ0n) is 8.83. The normalized spacial score (nSPS) is 21.5. The monoisotopic (exact) mass is 204 g/mol. The Morgan fingerprint density at radius 2 is 2.13 bits per heavy atom. The summed E-state index contributed by atoms with van der Waals surface area (Å²) in [6.45, 7) is 7.27. The van der Waals surface area contributed by atoms with E-state index in [4.69, 9.17) is 0 Å². The molecule has 0 unspecified atom stereocenters. The van der Waals surface area contributed by atoms with Gasteiger partial charge in [0.2, 0.25) is 0 Å². The van der Waals surface area contributed by atoms with E-state index in [1.165, 1.54) is 0 Å². The molecule has 0 radical (unpaired) electrons. The molecule has 0 bridgehead atoms. The summed E-state index contributed by atoms with van der Waals surface area (Å²) in [4.78, 5) is 13.9. The predicted octanol–water partition coefficient (Wildman–Crippen LogP) is 0.861. The molecule has 15 heavy (non-hydrogen) atoms. The third-order valence-electron chi connectivity index (χ3n) is 2.69. The molecule has 1 N–H and O–H groups in total. The van der Waals surface area contributed by atoms with Crippen LogP contribution in [0.4, 0.5) is 0 Å². The van der Waals surface area contributed by atoms with E-state index in [1.807, 2.05) is 23.1 Å². The first-order valence-corrected chi connectivity index (χ1v) is 5.33. The lowest BCUT2D eigenvalue weighted by Crippen LogP contribution is -2.46. The van der Waals surface area contributed by atoms with Crippen molar-refractivity contribution in [2.24, 2.45) is 0 Å². The summed E-state index contributed by atoms with van der Waals surface area (Å²) in [6.07, 6.45) is 6.65. The number of allylic oxidation sites excluding steroid dienone is 3. The molecule has 0 atom stereocenters. The molecule has 2 aliphatic rings. The first kappa shape index (κ1) is 10.2. The molecular weight excluding hydrogens is 188 g/mol. The van der Waals surface area contributed by atoms with Gasteiger partial charge in [-0.15, -0.1) is 0 Å². The van der Waals surface area contributed by atoms with E-state index in [1.54, 1.807) is 0 Å². The molecule has 0 aromatic carbocycles. The summed E-state index contributed by atoms with van der Waals surface area (Å²) in [5, 5.41) is 3.23. The van der Waals surface area contributed by atoms with Gasteiger partial charge in [0, 0.05) is 31.8 Å². The zero-order chi connectivity index (χ0) is 10.7. The molecule has 3 nitrogen and oxygen atoms in total. The Labute approximate surface area is 90.1 Å². The van der Waals surface area contributed by atoms with E-state index in [0.29, 0.717) is 0 Å². The molecule has 0 saturated carbocycles. The highest BCUT2D eigenvalue weighted by Crippen LogP contribution is 2.16. The zero-order valence-corrected chi connectivity index (χ0v) is 8.83. The lowest BCUT2D eigenvalue weighted by Gasteiger charge is -2.28. The molecule has 1 aliphatic heterocycles. The Morgan fingerprint density at radius 1 is 1.40 bits per heavy atom. The molecule has 2 rings (SSSR count). The molecule has 1 fully saturated rings. The van der Waals surface area contributed by atoms with Gasteiger partial charge in [-0.3, -0.25) is 4.79 Å². The molecule has 1 aliphatic carbocycles. The van der Waals surface area contributed by atoms with Crippen LogP contribution in [0.2, 0.25) is 0 Å². The summed E-state index contributed by atoms with van der Waals surface area (Å²) in [5.74, 6) is 0.133. The molecule has 0 spiro atoms. The smallest absolute Gasteiger partial charge is 0.253 e. The van der Waals surface area contributed by atoms with Crippen LogP contribution in [-0.4, -0.2) is 37.0 Å². The SMILES string of the molecule is C=C1C=C(C(=O)N2CCNCC2)C=CC1. The topological polar surface area (TPSA) is 32.3 Å². The Balaban J connectivity index is 2.06. The molecule has 80 valence electrons. The van der Waals surface area contributed by atoms with Gasteiger partial charge in [-0.25, -0.2) is 0 Å². The van der Waals surface area contributed by atoms with Crippen molar-refractivity contribution in [1.29, 1.82) is 0 Å². The van der Waals surface area contributed by atoms with Crippen molar-refractivity contribution in [2.45, 2.75) is 6.42 Å². The molecule has 1 saturated heterocycles. The lowest BCUT2D eigenvalue weighted by atomic mass is 10.0. The quantitative estimate of drug-likeness (QED) is 0.687. The fourth-order valence-corrected chi connectivity index (χ4v) is 1.85. The highest BCUT2D eigenvalue weighted by molar-refractivity contribution is 5.97. The number of hydrogen-bond donors (Lipinski definition) is 1. The molecule has 0 aromatic rings. The first-order valence-electron chi connectivity index (χ1n) is 5.33. The maximum atomic E-state index is 12.0. The van der Waals surface area contributed by atoms with Gasteiger partial charge in [-0.1, -0.05) is 24.3 Å². The second kappa shape index (κ2) is 4.45. The Kier molecular flexibility index (Phi) is 3.02. The van der Waals surface area contributed by atoms with E-state index >= 15 is 0 Å². The van der Waals surface area contributed by atoms with Gasteiger partial charge in [0.1, 0.15) is 0 Å². The highest BCUT2D eigenvalue weighted by atomic mass is 16.2. The van der Waals surface area contributed by atoms with E-state index < -0.39 is 0 Å². The molecule has 0 aromatic heterocycles. The van der Waals surface area contributed by atoms with Crippen molar-refractivity contribution in [3.63, 3.8) is 0 Å². The van der Waals surface area contributed by atoms with Crippen molar-refractivity contribution < 1.29 is 4.79 Å². The fourth-order valence-electron chi connectivity index (χ4n) is 1.85. The van der Waals surface area contributed by atoms with Crippen LogP contribution >= 0.6 is 0 Å². The van der Waals surface area contributed by atoms with Crippen molar-refractivity contribution >= 4 is 5.91 Å². The van der Waals surface area contributed by atoms with Crippen molar-refractivity contribution in [3.8, 4) is 0 Å². The Morgan fingerprint density at radius 3 is 2.80 bits per heavy atom. The van der Waals surface area contributed by atoms with Crippen molar-refractivity contribution in [1.82, 2.24) is 10.2 Å². The molecule has 3 heteroatoms. The first-order chi connectivity index (χ1) is 7.27. The number of nitrogens with one attached hydrogen (secondary N) is 1. The molecule has 1 heterocycles. The number of hydrogen-bond acceptors (Lipinski definition) is 2. The van der Waals surface area contributed by atoms with Gasteiger partial charge >= 0.3 is 0 Å². The summed E-state index contributed by atoms with van der Waals surface area (Å²) < 4.78 is 0. The van der Waals surface area contributed by atoms with Gasteiger partial charge < -0.3 is 10.2 Å². The standard InChI is InChI=1S/C12H16N2O/c1-10-3-2-4-11(9-10)12(15)14-7-5-13-6-8-14/h2,4,9,13H,1,3,5-8H2.